The summed E-state index contributed by atoms with van der Waals surface area (Å²) in [6.45, 7) is 2.77. The number of hydrogen-bond donors (Lipinski definition) is 2. The molecule has 0 saturated heterocycles. The zero-order chi connectivity index (χ0) is 9.68. The summed E-state index contributed by atoms with van der Waals surface area (Å²) in [5.41, 5.74) is 1.33. The Morgan fingerprint density at radius 1 is 1.77 bits per heavy atom. The Hall–Kier alpha value is -0.480. The third kappa shape index (κ3) is 3.83. The van der Waals surface area contributed by atoms with Crippen LogP contribution in [0.2, 0.25) is 0 Å². The van der Waals surface area contributed by atoms with Crippen molar-refractivity contribution in [3.05, 3.63) is 11.6 Å². The number of nitrogens with zero attached hydrogens (tertiary/aromatic N) is 1. The van der Waals surface area contributed by atoms with E-state index in [0.717, 1.165) is 19.5 Å². The number of carbonyl (C=O) groups is 1. The van der Waals surface area contributed by atoms with Crippen molar-refractivity contribution in [2.45, 2.75) is 6.42 Å². The lowest BCUT2D eigenvalue weighted by Gasteiger charge is -2.21. The van der Waals surface area contributed by atoms with Gasteiger partial charge in [0.25, 0.3) is 0 Å². The zero-order valence-corrected chi connectivity index (χ0v) is 8.81. The predicted octanol–water partition coefficient (Wildman–Crippen LogP) is 0.294. The highest BCUT2D eigenvalue weighted by Gasteiger charge is 2.07. The molecule has 1 aliphatic heterocycles. The molecule has 13 heavy (non-hydrogen) atoms. The van der Waals surface area contributed by atoms with E-state index < -0.39 is 0 Å². The lowest BCUT2D eigenvalue weighted by Crippen LogP contribution is -2.31. The molecular weight excluding hydrogens is 184 g/mol. The van der Waals surface area contributed by atoms with Gasteiger partial charge in [-0.25, -0.2) is 0 Å². The molecule has 0 bridgehead atoms. The van der Waals surface area contributed by atoms with E-state index in [1.807, 2.05) is 0 Å². The first-order valence-electron chi connectivity index (χ1n) is 4.46. The van der Waals surface area contributed by atoms with Crippen molar-refractivity contribution in [2.75, 3.05) is 32.4 Å². The van der Waals surface area contributed by atoms with Gasteiger partial charge >= 0.3 is 0 Å². The van der Waals surface area contributed by atoms with Gasteiger partial charge in [0.15, 0.2) is 0 Å². The van der Waals surface area contributed by atoms with Gasteiger partial charge in [-0.15, -0.1) is 0 Å². The lowest BCUT2D eigenvalue weighted by atomic mass is 10.1. The van der Waals surface area contributed by atoms with Crippen molar-refractivity contribution in [3.8, 4) is 0 Å². The first kappa shape index (κ1) is 10.6. The number of amides is 1. The molecule has 0 aromatic rings. The molecule has 0 unspecified atom stereocenters. The minimum absolute atomic E-state index is 0.00293. The fraction of sp³-hybridized carbons (Fsp3) is 0.667. The minimum Gasteiger partial charge on any atom is -0.352 e. The Bertz CT molecular complexity index is 216. The molecule has 3 nitrogen and oxygen atoms in total. The lowest BCUT2D eigenvalue weighted by molar-refractivity contribution is -0.118. The van der Waals surface area contributed by atoms with Crippen molar-refractivity contribution in [3.63, 3.8) is 0 Å². The third-order valence-electron chi connectivity index (χ3n) is 2.16. The van der Waals surface area contributed by atoms with Gasteiger partial charge in [0.1, 0.15) is 0 Å². The third-order valence-corrected chi connectivity index (χ3v) is 2.45. The molecule has 1 amide bonds. The molecule has 0 saturated carbocycles. The van der Waals surface area contributed by atoms with E-state index in [-0.39, 0.29) is 11.7 Å². The minimum atomic E-state index is 0.00293. The standard InChI is InChI=1S/C9H16N2OS/c1-11-4-2-8(3-5-11)6-10-9(12)7-13/h2,13H,3-7H2,1H3,(H,10,12). The van der Waals surface area contributed by atoms with Crippen LogP contribution in [0.25, 0.3) is 0 Å². The Labute approximate surface area is 84.6 Å². The predicted molar refractivity (Wildman–Crippen MR) is 57.1 cm³/mol. The summed E-state index contributed by atoms with van der Waals surface area (Å²) in [7, 11) is 2.10. The Morgan fingerprint density at radius 3 is 3.08 bits per heavy atom. The van der Waals surface area contributed by atoms with Crippen LogP contribution >= 0.6 is 12.6 Å². The van der Waals surface area contributed by atoms with Crippen LogP contribution in [0, 0.1) is 0 Å². The first-order valence-corrected chi connectivity index (χ1v) is 5.09. The fourth-order valence-corrected chi connectivity index (χ4v) is 1.35. The molecule has 1 rings (SSSR count). The second-order valence-electron chi connectivity index (χ2n) is 3.31. The second-order valence-corrected chi connectivity index (χ2v) is 3.63. The number of nitrogens with one attached hydrogen (secondary N) is 1. The quantitative estimate of drug-likeness (QED) is 0.507. The van der Waals surface area contributed by atoms with Gasteiger partial charge in [0.2, 0.25) is 5.91 Å². The molecule has 0 aliphatic carbocycles. The number of carbonyl (C=O) groups excluding carboxylic acids is 1. The summed E-state index contributed by atoms with van der Waals surface area (Å²) in [4.78, 5) is 13.1. The molecule has 1 N–H and O–H groups in total. The van der Waals surface area contributed by atoms with Gasteiger partial charge in [-0.2, -0.15) is 12.6 Å². The van der Waals surface area contributed by atoms with E-state index in [4.69, 9.17) is 0 Å². The topological polar surface area (TPSA) is 32.3 Å². The molecule has 74 valence electrons. The maximum atomic E-state index is 10.9. The van der Waals surface area contributed by atoms with Crippen LogP contribution in [-0.2, 0) is 4.79 Å². The van der Waals surface area contributed by atoms with Crippen LogP contribution in [0.3, 0.4) is 0 Å². The number of hydrogen-bond acceptors (Lipinski definition) is 3. The number of thiol groups is 1. The van der Waals surface area contributed by atoms with E-state index >= 15 is 0 Å². The highest BCUT2D eigenvalue weighted by Crippen LogP contribution is 2.07. The van der Waals surface area contributed by atoms with Crippen molar-refractivity contribution >= 4 is 18.5 Å². The Balaban J connectivity index is 2.26. The summed E-state index contributed by atoms with van der Waals surface area (Å²) in [5.74, 6) is 0.274. The highest BCUT2D eigenvalue weighted by atomic mass is 32.1. The average Bonchev–Trinajstić information content (AvgIpc) is 2.16. The first-order chi connectivity index (χ1) is 6.22. The molecule has 0 aromatic heterocycles. The van der Waals surface area contributed by atoms with Crippen molar-refractivity contribution in [1.82, 2.24) is 10.2 Å². The van der Waals surface area contributed by atoms with Crippen LogP contribution in [0.4, 0.5) is 0 Å². The molecule has 4 heteroatoms. The van der Waals surface area contributed by atoms with Gasteiger partial charge in [0.05, 0.1) is 5.75 Å². The molecule has 1 aliphatic rings. The number of likely N-dealkylation sites (N-methyl/N-ethyl adjacent to an activating group) is 1. The van der Waals surface area contributed by atoms with Crippen LogP contribution in [0.5, 0.6) is 0 Å². The van der Waals surface area contributed by atoms with Crippen molar-refractivity contribution in [1.29, 1.82) is 0 Å². The second kappa shape index (κ2) is 5.29. The largest absolute Gasteiger partial charge is 0.352 e. The van der Waals surface area contributed by atoms with Crippen molar-refractivity contribution in [2.24, 2.45) is 0 Å². The highest BCUT2D eigenvalue weighted by molar-refractivity contribution is 7.81. The summed E-state index contributed by atoms with van der Waals surface area (Å²) in [6.07, 6.45) is 3.24. The monoisotopic (exact) mass is 200 g/mol. The molecule has 0 fully saturated rings. The van der Waals surface area contributed by atoms with Crippen molar-refractivity contribution < 1.29 is 4.79 Å². The molecule has 1 heterocycles. The molecule has 0 radical (unpaired) electrons. The van der Waals surface area contributed by atoms with E-state index in [2.05, 4.69) is 36.0 Å². The maximum absolute atomic E-state index is 10.9. The maximum Gasteiger partial charge on any atom is 0.229 e. The Kier molecular flexibility index (Phi) is 4.32. The molecular formula is C9H16N2OS. The van der Waals surface area contributed by atoms with Gasteiger partial charge in [-0.1, -0.05) is 11.6 Å². The van der Waals surface area contributed by atoms with Gasteiger partial charge in [-0.3, -0.25) is 4.79 Å². The smallest absolute Gasteiger partial charge is 0.229 e. The summed E-state index contributed by atoms with van der Waals surface area (Å²) >= 11 is 3.89. The van der Waals surface area contributed by atoms with E-state index in [1.165, 1.54) is 5.57 Å². The zero-order valence-electron chi connectivity index (χ0n) is 7.92. The molecule has 0 atom stereocenters. The molecule has 0 aromatic carbocycles. The van der Waals surface area contributed by atoms with Crippen LogP contribution in [-0.4, -0.2) is 43.2 Å². The fourth-order valence-electron chi connectivity index (χ4n) is 1.24. The SMILES string of the molecule is CN1CC=C(CNC(=O)CS)CC1. The van der Waals surface area contributed by atoms with E-state index in [1.54, 1.807) is 0 Å². The van der Waals surface area contributed by atoms with E-state index in [9.17, 15) is 4.79 Å². The molecule has 0 spiro atoms. The normalized spacial score (nSPS) is 18.2. The summed E-state index contributed by atoms with van der Waals surface area (Å²) in [6, 6.07) is 0. The van der Waals surface area contributed by atoms with Crippen LogP contribution < -0.4 is 5.32 Å². The summed E-state index contributed by atoms with van der Waals surface area (Å²) < 4.78 is 0. The number of rotatable bonds is 3. The summed E-state index contributed by atoms with van der Waals surface area (Å²) in [5, 5.41) is 2.81. The van der Waals surface area contributed by atoms with Gasteiger partial charge in [0, 0.05) is 19.6 Å². The van der Waals surface area contributed by atoms with Gasteiger partial charge < -0.3 is 10.2 Å². The Morgan fingerprint density at radius 2 is 2.54 bits per heavy atom. The van der Waals surface area contributed by atoms with Crippen LogP contribution in [0.15, 0.2) is 11.6 Å². The van der Waals surface area contributed by atoms with E-state index in [0.29, 0.717) is 6.54 Å². The average molecular weight is 200 g/mol. The van der Waals surface area contributed by atoms with Crippen LogP contribution in [0.1, 0.15) is 6.42 Å². The van der Waals surface area contributed by atoms with Gasteiger partial charge in [-0.05, 0) is 13.5 Å².